The zero-order valence-corrected chi connectivity index (χ0v) is 8.95. The Morgan fingerprint density at radius 3 is 2.65 bits per heavy atom. The molecule has 7 heteroatoms. The van der Waals surface area contributed by atoms with Crippen molar-refractivity contribution >= 4 is 11.6 Å². The molecule has 1 N–H and O–H groups in total. The quantitative estimate of drug-likeness (QED) is 0.799. The zero-order valence-electron chi connectivity index (χ0n) is 8.95. The normalized spacial score (nSPS) is 9.65. The van der Waals surface area contributed by atoms with Crippen LogP contribution >= 0.6 is 0 Å². The van der Waals surface area contributed by atoms with Crippen molar-refractivity contribution in [3.05, 3.63) is 35.7 Å². The first-order chi connectivity index (χ1) is 8.22. The molecule has 17 heavy (non-hydrogen) atoms. The summed E-state index contributed by atoms with van der Waals surface area (Å²) in [4.78, 5) is 13.2. The number of hydrogen-bond donors (Lipinski definition) is 1. The van der Waals surface area contributed by atoms with Crippen LogP contribution in [0.5, 0.6) is 0 Å². The van der Waals surface area contributed by atoms with Gasteiger partial charge < -0.3 is 4.90 Å². The molecule has 0 saturated carbocycles. The first-order valence-electron chi connectivity index (χ1n) is 4.74. The average Bonchev–Trinajstić information content (AvgIpc) is 2.91. The van der Waals surface area contributed by atoms with Gasteiger partial charge in [-0.05, 0) is 29.5 Å². The van der Waals surface area contributed by atoms with E-state index in [0.717, 1.165) is 0 Å². The van der Waals surface area contributed by atoms with E-state index in [1.165, 1.54) is 4.90 Å². The summed E-state index contributed by atoms with van der Waals surface area (Å²) in [6.07, 6.45) is 0. The highest BCUT2D eigenvalue weighted by Crippen LogP contribution is 2.14. The van der Waals surface area contributed by atoms with Crippen LogP contribution in [-0.2, 0) is 0 Å². The van der Waals surface area contributed by atoms with Gasteiger partial charge in [-0.25, -0.2) is 0 Å². The van der Waals surface area contributed by atoms with Crippen molar-refractivity contribution in [1.82, 2.24) is 20.6 Å². The number of rotatable bonds is 2. The van der Waals surface area contributed by atoms with Gasteiger partial charge in [-0.2, -0.15) is 10.5 Å². The molecule has 0 spiro atoms. The van der Waals surface area contributed by atoms with Crippen LogP contribution in [0.15, 0.2) is 24.3 Å². The van der Waals surface area contributed by atoms with Gasteiger partial charge in [0, 0.05) is 12.7 Å². The maximum atomic E-state index is 11.8. The molecule has 1 aromatic carbocycles. The van der Waals surface area contributed by atoms with E-state index < -0.39 is 0 Å². The van der Waals surface area contributed by atoms with Crippen molar-refractivity contribution in [3.63, 3.8) is 0 Å². The van der Waals surface area contributed by atoms with Crippen LogP contribution in [0.25, 0.3) is 0 Å². The molecule has 0 saturated heterocycles. The summed E-state index contributed by atoms with van der Waals surface area (Å²) >= 11 is 0. The number of carbonyl (C=O) groups is 1. The molecule has 2 aromatic rings. The van der Waals surface area contributed by atoms with Crippen molar-refractivity contribution < 1.29 is 4.79 Å². The van der Waals surface area contributed by atoms with Crippen molar-refractivity contribution in [1.29, 1.82) is 5.26 Å². The van der Waals surface area contributed by atoms with E-state index in [4.69, 9.17) is 5.26 Å². The van der Waals surface area contributed by atoms with Crippen LogP contribution in [0.4, 0.5) is 5.69 Å². The standard InChI is InChI=1S/C10H8N6O/c1-16(10(17)9-12-14-15-13-9)8-4-2-7(6-11)3-5-8/h2-5H,1H3,(H,12,13,14,15). The minimum Gasteiger partial charge on any atom is -0.309 e. The second kappa shape index (κ2) is 4.40. The lowest BCUT2D eigenvalue weighted by Crippen LogP contribution is -2.27. The van der Waals surface area contributed by atoms with Crippen molar-refractivity contribution in [2.24, 2.45) is 0 Å². The van der Waals surface area contributed by atoms with Crippen LogP contribution < -0.4 is 4.90 Å². The van der Waals surface area contributed by atoms with E-state index in [2.05, 4.69) is 20.6 Å². The number of benzene rings is 1. The molecule has 0 aliphatic rings. The SMILES string of the molecule is CN(C(=O)c1nn[nH]n1)c1ccc(C#N)cc1. The molecule has 0 radical (unpaired) electrons. The maximum Gasteiger partial charge on any atom is 0.299 e. The number of nitriles is 1. The van der Waals surface area contributed by atoms with E-state index in [1.807, 2.05) is 6.07 Å². The van der Waals surface area contributed by atoms with Gasteiger partial charge in [-0.3, -0.25) is 4.79 Å². The molecule has 1 amide bonds. The zero-order chi connectivity index (χ0) is 12.3. The predicted molar refractivity (Wildman–Crippen MR) is 58.1 cm³/mol. The van der Waals surface area contributed by atoms with Crippen molar-refractivity contribution in [2.45, 2.75) is 0 Å². The Hall–Kier alpha value is -2.75. The number of tetrazole rings is 1. The highest BCUT2D eigenvalue weighted by atomic mass is 16.2. The highest BCUT2D eigenvalue weighted by Gasteiger charge is 2.17. The largest absolute Gasteiger partial charge is 0.309 e. The van der Waals surface area contributed by atoms with E-state index in [1.54, 1.807) is 31.3 Å². The maximum absolute atomic E-state index is 11.8. The van der Waals surface area contributed by atoms with Crippen molar-refractivity contribution in [3.8, 4) is 6.07 Å². The second-order valence-corrected chi connectivity index (χ2v) is 3.26. The Morgan fingerprint density at radius 2 is 2.12 bits per heavy atom. The number of nitrogens with one attached hydrogen (secondary N) is 1. The van der Waals surface area contributed by atoms with Crippen LogP contribution in [0.3, 0.4) is 0 Å². The number of carbonyl (C=O) groups excluding carboxylic acids is 1. The minimum absolute atomic E-state index is 0.00291. The molecule has 0 bridgehead atoms. The Morgan fingerprint density at radius 1 is 1.41 bits per heavy atom. The Kier molecular flexibility index (Phi) is 2.79. The second-order valence-electron chi connectivity index (χ2n) is 3.26. The molecule has 84 valence electrons. The van der Waals surface area contributed by atoms with E-state index in [0.29, 0.717) is 11.3 Å². The summed E-state index contributed by atoms with van der Waals surface area (Å²) in [5.41, 5.74) is 1.19. The third-order valence-electron chi connectivity index (χ3n) is 2.22. The first kappa shape index (κ1) is 10.8. The Balaban J connectivity index is 2.22. The third kappa shape index (κ3) is 2.10. The molecular weight excluding hydrogens is 220 g/mol. The van der Waals surface area contributed by atoms with Gasteiger partial charge in [0.1, 0.15) is 0 Å². The number of nitrogens with zero attached hydrogens (tertiary/aromatic N) is 5. The minimum atomic E-state index is -0.372. The average molecular weight is 228 g/mol. The van der Waals surface area contributed by atoms with Gasteiger partial charge >= 0.3 is 0 Å². The van der Waals surface area contributed by atoms with Gasteiger partial charge in [-0.1, -0.05) is 0 Å². The summed E-state index contributed by atoms with van der Waals surface area (Å²) < 4.78 is 0. The van der Waals surface area contributed by atoms with E-state index in [9.17, 15) is 4.79 Å². The molecule has 2 rings (SSSR count). The van der Waals surface area contributed by atoms with Gasteiger partial charge in [0.25, 0.3) is 11.7 Å². The molecule has 0 atom stereocenters. The summed E-state index contributed by atoms with van der Waals surface area (Å²) in [5.74, 6) is -0.375. The predicted octanol–water partition coefficient (Wildman–Crippen LogP) is 0.348. The van der Waals surface area contributed by atoms with Crippen LogP contribution in [0, 0.1) is 11.3 Å². The molecule has 1 heterocycles. The van der Waals surface area contributed by atoms with E-state index >= 15 is 0 Å². The number of amides is 1. The van der Waals surface area contributed by atoms with Crippen molar-refractivity contribution in [2.75, 3.05) is 11.9 Å². The Bertz CT molecular complexity index is 553. The molecule has 7 nitrogen and oxygen atoms in total. The summed E-state index contributed by atoms with van der Waals surface area (Å²) in [7, 11) is 1.60. The molecule has 0 aliphatic heterocycles. The molecule has 0 fully saturated rings. The van der Waals surface area contributed by atoms with Gasteiger partial charge in [0.05, 0.1) is 11.6 Å². The summed E-state index contributed by atoms with van der Waals surface area (Å²) in [6.45, 7) is 0. The summed E-state index contributed by atoms with van der Waals surface area (Å²) in [5, 5.41) is 21.4. The molecule has 0 unspecified atom stereocenters. The molecular formula is C10H8N6O. The first-order valence-corrected chi connectivity index (χ1v) is 4.74. The topological polar surface area (TPSA) is 98.6 Å². The third-order valence-corrected chi connectivity index (χ3v) is 2.22. The Labute approximate surface area is 96.7 Å². The van der Waals surface area contributed by atoms with Gasteiger partial charge in [0.15, 0.2) is 0 Å². The van der Waals surface area contributed by atoms with Gasteiger partial charge in [0.2, 0.25) is 0 Å². The summed E-state index contributed by atoms with van der Waals surface area (Å²) in [6, 6.07) is 8.63. The highest BCUT2D eigenvalue weighted by molar-refractivity contribution is 6.02. The van der Waals surface area contributed by atoms with Crippen LogP contribution in [0.2, 0.25) is 0 Å². The van der Waals surface area contributed by atoms with Crippen LogP contribution in [0.1, 0.15) is 16.2 Å². The number of hydrogen-bond acceptors (Lipinski definition) is 5. The fourth-order valence-electron chi connectivity index (χ4n) is 1.28. The smallest absolute Gasteiger partial charge is 0.299 e. The lowest BCUT2D eigenvalue weighted by atomic mass is 10.2. The van der Waals surface area contributed by atoms with Gasteiger partial charge in [-0.15, -0.1) is 10.2 Å². The fraction of sp³-hybridized carbons (Fsp3) is 0.100. The lowest BCUT2D eigenvalue weighted by molar-refractivity contribution is 0.0983. The number of H-pyrrole nitrogens is 1. The number of anilines is 1. The monoisotopic (exact) mass is 228 g/mol. The lowest BCUT2D eigenvalue weighted by Gasteiger charge is -2.14. The fourth-order valence-corrected chi connectivity index (χ4v) is 1.28. The molecule has 0 aliphatic carbocycles. The number of aromatic amines is 1. The number of aromatic nitrogens is 4. The van der Waals surface area contributed by atoms with Crippen LogP contribution in [-0.4, -0.2) is 33.6 Å². The van der Waals surface area contributed by atoms with E-state index in [-0.39, 0.29) is 11.7 Å². The molecule has 1 aromatic heterocycles.